The summed E-state index contributed by atoms with van der Waals surface area (Å²) in [6, 6.07) is 0. The predicted molar refractivity (Wildman–Crippen MR) is 261 cm³/mol. The minimum absolute atomic E-state index is 0.101. The summed E-state index contributed by atoms with van der Waals surface area (Å²) in [5.74, 6) is -0.964. The van der Waals surface area contributed by atoms with Gasteiger partial charge in [-0.2, -0.15) is 0 Å². The van der Waals surface area contributed by atoms with Gasteiger partial charge in [0.05, 0.1) is 0 Å². The van der Waals surface area contributed by atoms with Crippen LogP contribution in [0.25, 0.3) is 0 Å². The summed E-state index contributed by atoms with van der Waals surface area (Å²) < 4.78 is 16.7. The van der Waals surface area contributed by atoms with Crippen LogP contribution >= 0.6 is 0 Å². The van der Waals surface area contributed by atoms with E-state index in [0.717, 1.165) is 109 Å². The van der Waals surface area contributed by atoms with Gasteiger partial charge >= 0.3 is 17.9 Å². The lowest BCUT2D eigenvalue weighted by Gasteiger charge is -2.18. The lowest BCUT2D eigenvalue weighted by atomic mass is 10.1. The highest BCUT2D eigenvalue weighted by Gasteiger charge is 2.19. The minimum Gasteiger partial charge on any atom is -0.462 e. The van der Waals surface area contributed by atoms with E-state index in [4.69, 9.17) is 14.2 Å². The van der Waals surface area contributed by atoms with E-state index in [1.807, 2.05) is 0 Å². The molecule has 0 aromatic rings. The van der Waals surface area contributed by atoms with E-state index in [1.165, 1.54) is 77.0 Å². The Balaban J connectivity index is 4.47. The van der Waals surface area contributed by atoms with Crippen LogP contribution in [0.1, 0.15) is 226 Å². The number of carbonyl (C=O) groups is 3. The van der Waals surface area contributed by atoms with E-state index >= 15 is 0 Å². The van der Waals surface area contributed by atoms with Crippen LogP contribution in [0.4, 0.5) is 0 Å². The average molecular weight is 849 g/mol. The minimum atomic E-state index is -0.799. The fourth-order valence-corrected chi connectivity index (χ4v) is 6.61. The highest BCUT2D eigenvalue weighted by Crippen LogP contribution is 2.14. The summed E-state index contributed by atoms with van der Waals surface area (Å²) in [4.78, 5) is 37.9. The van der Waals surface area contributed by atoms with E-state index in [1.54, 1.807) is 0 Å². The number of esters is 3. The molecule has 6 heteroatoms. The standard InChI is InChI=1S/C55H92O6/c1-4-7-10-13-16-19-22-24-26-27-29-31-34-36-39-42-45-48-54(57)60-51-52(61-55(58)49-46-43-40-37-32-21-18-15-12-9-6-3)50-59-53(56)47-44-41-38-35-33-30-28-25-23-20-17-14-11-8-5-2/h7,10,16-17,19-20,24-26,28-29,31,33,35,52H,4-6,8-9,11-15,18,21-23,27,30,32,34,36-51H2,1-3H3/b10-7-,19-16-,20-17-,26-24-,28-25-,31-29-,35-33-/t52-/m0/s1. The first-order valence-electron chi connectivity index (χ1n) is 25.1. The molecule has 0 aliphatic heterocycles. The largest absolute Gasteiger partial charge is 0.462 e. The van der Waals surface area contributed by atoms with Gasteiger partial charge in [-0.05, 0) is 96.3 Å². The van der Waals surface area contributed by atoms with Gasteiger partial charge < -0.3 is 14.2 Å². The van der Waals surface area contributed by atoms with Crippen molar-refractivity contribution in [3.63, 3.8) is 0 Å². The Bertz CT molecular complexity index is 1200. The van der Waals surface area contributed by atoms with E-state index < -0.39 is 6.10 Å². The van der Waals surface area contributed by atoms with Crippen LogP contribution in [0.15, 0.2) is 85.1 Å². The van der Waals surface area contributed by atoms with Crippen molar-refractivity contribution in [2.75, 3.05) is 13.2 Å². The molecule has 0 heterocycles. The highest BCUT2D eigenvalue weighted by molar-refractivity contribution is 5.71. The van der Waals surface area contributed by atoms with E-state index in [2.05, 4.69) is 106 Å². The fraction of sp³-hybridized carbons (Fsp3) is 0.691. The third kappa shape index (κ3) is 47.5. The summed E-state index contributed by atoms with van der Waals surface area (Å²) >= 11 is 0. The highest BCUT2D eigenvalue weighted by atomic mass is 16.6. The molecule has 0 aliphatic rings. The van der Waals surface area contributed by atoms with E-state index in [-0.39, 0.29) is 31.1 Å². The van der Waals surface area contributed by atoms with Crippen molar-refractivity contribution in [2.24, 2.45) is 0 Å². The molecule has 348 valence electrons. The molecule has 0 N–H and O–H groups in total. The zero-order chi connectivity index (χ0) is 44.4. The van der Waals surface area contributed by atoms with Crippen molar-refractivity contribution in [2.45, 2.75) is 232 Å². The topological polar surface area (TPSA) is 78.9 Å². The summed E-state index contributed by atoms with van der Waals surface area (Å²) in [7, 11) is 0. The normalized spacial score (nSPS) is 12.8. The lowest BCUT2D eigenvalue weighted by Crippen LogP contribution is -2.30. The molecule has 0 radical (unpaired) electrons. The van der Waals surface area contributed by atoms with Crippen molar-refractivity contribution in [3.05, 3.63) is 85.1 Å². The molecular weight excluding hydrogens is 757 g/mol. The van der Waals surface area contributed by atoms with Crippen molar-refractivity contribution in [1.29, 1.82) is 0 Å². The molecule has 6 nitrogen and oxygen atoms in total. The summed E-state index contributed by atoms with van der Waals surface area (Å²) in [6.45, 7) is 6.42. The maximum absolute atomic E-state index is 12.7. The summed E-state index contributed by atoms with van der Waals surface area (Å²) in [5.41, 5.74) is 0. The molecule has 0 amide bonds. The van der Waals surface area contributed by atoms with Crippen LogP contribution in [0.2, 0.25) is 0 Å². The van der Waals surface area contributed by atoms with Gasteiger partial charge in [0.1, 0.15) is 13.2 Å². The van der Waals surface area contributed by atoms with Crippen LogP contribution in [-0.2, 0) is 28.6 Å². The molecular formula is C55H92O6. The zero-order valence-corrected chi connectivity index (χ0v) is 39.7. The number of carbonyl (C=O) groups excluding carboxylic acids is 3. The van der Waals surface area contributed by atoms with E-state index in [9.17, 15) is 14.4 Å². The molecule has 0 saturated carbocycles. The molecule has 61 heavy (non-hydrogen) atoms. The van der Waals surface area contributed by atoms with Gasteiger partial charge in [0.15, 0.2) is 6.10 Å². The Kier molecular flexibility index (Phi) is 46.5. The van der Waals surface area contributed by atoms with Crippen LogP contribution in [0.5, 0.6) is 0 Å². The summed E-state index contributed by atoms with van der Waals surface area (Å²) in [5, 5.41) is 0. The Hall–Kier alpha value is -3.41. The van der Waals surface area contributed by atoms with Crippen molar-refractivity contribution < 1.29 is 28.6 Å². The molecule has 1 atom stereocenters. The molecule has 0 bridgehead atoms. The maximum atomic E-state index is 12.7. The van der Waals surface area contributed by atoms with Gasteiger partial charge in [-0.1, -0.05) is 196 Å². The van der Waals surface area contributed by atoms with Gasteiger partial charge in [-0.15, -0.1) is 0 Å². The predicted octanol–water partition coefficient (Wildman–Crippen LogP) is 16.4. The number of hydrogen-bond donors (Lipinski definition) is 0. The third-order valence-electron chi connectivity index (χ3n) is 10.4. The maximum Gasteiger partial charge on any atom is 0.306 e. The number of hydrogen-bond acceptors (Lipinski definition) is 6. The van der Waals surface area contributed by atoms with Crippen molar-refractivity contribution >= 4 is 17.9 Å². The molecule has 0 fully saturated rings. The van der Waals surface area contributed by atoms with Gasteiger partial charge in [-0.3, -0.25) is 14.4 Å². The molecule has 0 rings (SSSR count). The van der Waals surface area contributed by atoms with Gasteiger partial charge in [0.25, 0.3) is 0 Å². The third-order valence-corrected chi connectivity index (χ3v) is 10.4. The second-order valence-electron chi connectivity index (χ2n) is 16.3. The molecule has 0 aromatic carbocycles. The Morgan fingerprint density at radius 1 is 0.344 bits per heavy atom. The van der Waals surface area contributed by atoms with Gasteiger partial charge in [0.2, 0.25) is 0 Å². The van der Waals surface area contributed by atoms with Crippen LogP contribution in [-0.4, -0.2) is 37.2 Å². The van der Waals surface area contributed by atoms with Crippen LogP contribution in [0, 0.1) is 0 Å². The number of rotatable bonds is 44. The van der Waals surface area contributed by atoms with Crippen LogP contribution in [0.3, 0.4) is 0 Å². The van der Waals surface area contributed by atoms with Crippen LogP contribution < -0.4 is 0 Å². The van der Waals surface area contributed by atoms with Crippen molar-refractivity contribution in [3.8, 4) is 0 Å². The van der Waals surface area contributed by atoms with Gasteiger partial charge in [-0.25, -0.2) is 0 Å². The SMILES string of the molecule is CC/C=C\C/C=C\C/C=C\C/C=C\CCCCCCC(=O)OC[C@H](COC(=O)CCCC/C=C\C/C=C\C/C=C\CCCCC)OC(=O)CCCCCCCCCCCCC. The molecule has 0 aliphatic carbocycles. The quantitative estimate of drug-likeness (QED) is 0.0263. The average Bonchev–Trinajstić information content (AvgIpc) is 3.26. The first kappa shape index (κ1) is 57.6. The monoisotopic (exact) mass is 849 g/mol. The van der Waals surface area contributed by atoms with Crippen molar-refractivity contribution in [1.82, 2.24) is 0 Å². The van der Waals surface area contributed by atoms with Gasteiger partial charge in [0, 0.05) is 19.3 Å². The smallest absolute Gasteiger partial charge is 0.306 e. The molecule has 0 aromatic heterocycles. The number of unbranched alkanes of at least 4 members (excludes halogenated alkanes) is 19. The fourth-order valence-electron chi connectivity index (χ4n) is 6.61. The Morgan fingerprint density at radius 2 is 0.639 bits per heavy atom. The molecule has 0 unspecified atom stereocenters. The number of ether oxygens (including phenoxy) is 3. The lowest BCUT2D eigenvalue weighted by molar-refractivity contribution is -0.167. The Morgan fingerprint density at radius 3 is 1.07 bits per heavy atom. The first-order valence-corrected chi connectivity index (χ1v) is 25.1. The number of allylic oxidation sites excluding steroid dienone is 14. The van der Waals surface area contributed by atoms with E-state index in [0.29, 0.717) is 19.3 Å². The first-order chi connectivity index (χ1) is 30.0. The zero-order valence-electron chi connectivity index (χ0n) is 39.7. The second-order valence-corrected chi connectivity index (χ2v) is 16.3. The molecule has 0 saturated heterocycles. The molecule has 0 spiro atoms. The summed E-state index contributed by atoms with van der Waals surface area (Å²) in [6.07, 6.45) is 62.8. The second kappa shape index (κ2) is 49.2. The Labute approximate surface area is 375 Å².